The first-order valence-electron chi connectivity index (χ1n) is 11.2. The van der Waals surface area contributed by atoms with Gasteiger partial charge < -0.3 is 15.5 Å². The minimum absolute atomic E-state index is 0.0377. The Balaban J connectivity index is 1.56. The Kier molecular flexibility index (Phi) is 6.36. The number of hydrogen-bond acceptors (Lipinski definition) is 3. The van der Waals surface area contributed by atoms with Gasteiger partial charge >= 0.3 is 0 Å². The molecule has 0 aromatic heterocycles. The molecule has 0 radical (unpaired) electrons. The van der Waals surface area contributed by atoms with Gasteiger partial charge in [0, 0.05) is 30.5 Å². The van der Waals surface area contributed by atoms with Crippen molar-refractivity contribution in [1.29, 1.82) is 0 Å². The van der Waals surface area contributed by atoms with Crippen molar-refractivity contribution in [3.63, 3.8) is 0 Å². The van der Waals surface area contributed by atoms with Gasteiger partial charge in [0.05, 0.1) is 11.5 Å². The van der Waals surface area contributed by atoms with Gasteiger partial charge in [-0.15, -0.1) is 0 Å². The highest BCUT2D eigenvalue weighted by Crippen LogP contribution is 2.29. The van der Waals surface area contributed by atoms with E-state index in [-0.39, 0.29) is 17.7 Å². The molecule has 0 unspecified atom stereocenters. The van der Waals surface area contributed by atoms with Crippen LogP contribution in [0.2, 0.25) is 0 Å². The molecule has 0 bridgehead atoms. The first kappa shape index (κ1) is 20.5. The number of hydrogen-bond donors (Lipinski definition) is 2. The molecule has 4 rings (SSSR count). The van der Waals surface area contributed by atoms with E-state index < -0.39 is 0 Å². The van der Waals surface area contributed by atoms with E-state index in [1.165, 1.54) is 6.42 Å². The van der Waals surface area contributed by atoms with Gasteiger partial charge in [-0.3, -0.25) is 9.59 Å². The van der Waals surface area contributed by atoms with Crippen LogP contribution in [0.4, 0.5) is 11.4 Å². The number of amides is 2. The van der Waals surface area contributed by atoms with Crippen molar-refractivity contribution in [3.8, 4) is 0 Å². The van der Waals surface area contributed by atoms with Gasteiger partial charge in [0.25, 0.3) is 5.91 Å². The molecule has 1 saturated carbocycles. The van der Waals surface area contributed by atoms with Crippen LogP contribution >= 0.6 is 0 Å². The Morgan fingerprint density at radius 1 is 1.03 bits per heavy atom. The number of nitrogens with zero attached hydrogens (tertiary/aromatic N) is 1. The Morgan fingerprint density at radius 3 is 2.43 bits per heavy atom. The summed E-state index contributed by atoms with van der Waals surface area (Å²) in [6, 6.07) is 15.9. The fraction of sp³-hybridized carbons (Fsp3) is 0.440. The molecule has 2 aromatic rings. The van der Waals surface area contributed by atoms with Gasteiger partial charge in [-0.05, 0) is 62.3 Å². The molecule has 2 fully saturated rings. The molecule has 1 atom stereocenters. The fourth-order valence-corrected chi connectivity index (χ4v) is 4.18. The second-order valence-corrected chi connectivity index (χ2v) is 8.39. The number of benzene rings is 2. The molecule has 1 aliphatic carbocycles. The number of piperidine rings is 1. The topological polar surface area (TPSA) is 61.4 Å². The Labute approximate surface area is 178 Å². The largest absolute Gasteiger partial charge is 0.371 e. The summed E-state index contributed by atoms with van der Waals surface area (Å²) in [5.74, 6) is -0.288. The third kappa shape index (κ3) is 4.84. The van der Waals surface area contributed by atoms with E-state index in [1.54, 1.807) is 0 Å². The summed E-state index contributed by atoms with van der Waals surface area (Å²) in [6.07, 6.45) is 6.37. The van der Waals surface area contributed by atoms with Crippen LogP contribution in [0.15, 0.2) is 48.5 Å². The van der Waals surface area contributed by atoms with Crippen LogP contribution < -0.4 is 15.5 Å². The minimum Gasteiger partial charge on any atom is -0.371 e. The Hall–Kier alpha value is -2.82. The van der Waals surface area contributed by atoms with Crippen LogP contribution in [0.25, 0.3) is 0 Å². The number of anilines is 2. The fourth-order valence-electron chi connectivity index (χ4n) is 4.18. The summed E-state index contributed by atoms with van der Waals surface area (Å²) in [4.78, 5) is 28.2. The van der Waals surface area contributed by atoms with Gasteiger partial charge in [0.1, 0.15) is 0 Å². The monoisotopic (exact) mass is 405 g/mol. The molecular formula is C25H31N3O2. The van der Waals surface area contributed by atoms with Crippen molar-refractivity contribution in [1.82, 2.24) is 5.32 Å². The molecule has 0 spiro atoms. The first-order valence-corrected chi connectivity index (χ1v) is 11.2. The molecule has 1 saturated heterocycles. The van der Waals surface area contributed by atoms with Gasteiger partial charge in [-0.25, -0.2) is 0 Å². The Morgan fingerprint density at radius 2 is 1.77 bits per heavy atom. The SMILES string of the molecule is CC[C@H](C(=O)Nc1ccc(N2CCCCC2)c(C(=O)NC2CC2)c1)c1ccccc1. The summed E-state index contributed by atoms with van der Waals surface area (Å²) < 4.78 is 0. The lowest BCUT2D eigenvalue weighted by atomic mass is 9.95. The average Bonchev–Trinajstić information content (AvgIpc) is 3.59. The van der Waals surface area contributed by atoms with Gasteiger partial charge in [-0.2, -0.15) is 0 Å². The maximum absolute atomic E-state index is 13.0. The zero-order valence-electron chi connectivity index (χ0n) is 17.7. The molecule has 1 heterocycles. The third-order valence-electron chi connectivity index (χ3n) is 6.04. The van der Waals surface area contributed by atoms with Crippen molar-refractivity contribution in [3.05, 3.63) is 59.7 Å². The summed E-state index contributed by atoms with van der Waals surface area (Å²) in [7, 11) is 0. The first-order chi connectivity index (χ1) is 14.7. The normalized spacial score (nSPS) is 17.3. The molecular weight excluding hydrogens is 374 g/mol. The maximum atomic E-state index is 13.0. The van der Waals surface area contributed by atoms with E-state index in [4.69, 9.17) is 0 Å². The predicted octanol–water partition coefficient (Wildman–Crippen LogP) is 4.70. The van der Waals surface area contributed by atoms with Crippen LogP contribution in [0, 0.1) is 0 Å². The lowest BCUT2D eigenvalue weighted by Gasteiger charge is -2.30. The second kappa shape index (κ2) is 9.33. The number of rotatable bonds is 7. The van der Waals surface area contributed by atoms with Gasteiger partial charge in [-0.1, -0.05) is 37.3 Å². The van der Waals surface area contributed by atoms with Gasteiger partial charge in [0.2, 0.25) is 5.91 Å². The van der Waals surface area contributed by atoms with E-state index in [0.29, 0.717) is 17.3 Å². The van der Waals surface area contributed by atoms with Gasteiger partial charge in [0.15, 0.2) is 0 Å². The minimum atomic E-state index is -0.211. The quantitative estimate of drug-likeness (QED) is 0.702. The van der Waals surface area contributed by atoms with Crippen molar-refractivity contribution < 1.29 is 9.59 Å². The summed E-state index contributed by atoms with van der Waals surface area (Å²) in [6.45, 7) is 3.97. The standard InChI is InChI=1S/C25H31N3O2/c1-2-21(18-9-5-3-6-10-18)24(29)27-20-13-14-23(28-15-7-4-8-16-28)22(17-20)25(30)26-19-11-12-19/h3,5-6,9-10,13-14,17,19,21H,2,4,7-8,11-12,15-16H2,1H3,(H,26,30)(H,27,29)/t21-/m0/s1. The summed E-state index contributed by atoms with van der Waals surface area (Å²) >= 11 is 0. The lowest BCUT2D eigenvalue weighted by molar-refractivity contribution is -0.117. The third-order valence-corrected chi connectivity index (χ3v) is 6.04. The average molecular weight is 406 g/mol. The molecule has 5 nitrogen and oxygen atoms in total. The molecule has 5 heteroatoms. The van der Waals surface area contributed by atoms with Crippen LogP contribution in [0.3, 0.4) is 0 Å². The van der Waals surface area contributed by atoms with Crippen molar-refractivity contribution in [2.24, 2.45) is 0 Å². The lowest BCUT2D eigenvalue weighted by Crippen LogP contribution is -2.33. The summed E-state index contributed by atoms with van der Waals surface area (Å²) in [5, 5.41) is 6.16. The molecule has 1 aliphatic heterocycles. The van der Waals surface area contributed by atoms with Crippen LogP contribution in [-0.2, 0) is 4.79 Å². The van der Waals surface area contributed by atoms with E-state index in [9.17, 15) is 9.59 Å². The molecule has 2 N–H and O–H groups in total. The molecule has 2 amide bonds. The zero-order chi connectivity index (χ0) is 20.9. The molecule has 2 aromatic carbocycles. The molecule has 30 heavy (non-hydrogen) atoms. The predicted molar refractivity (Wildman–Crippen MR) is 121 cm³/mol. The van der Waals surface area contributed by atoms with E-state index in [1.807, 2.05) is 55.5 Å². The van der Waals surface area contributed by atoms with Crippen LogP contribution in [0.1, 0.15) is 67.3 Å². The van der Waals surface area contributed by atoms with Crippen molar-refractivity contribution in [2.75, 3.05) is 23.3 Å². The smallest absolute Gasteiger partial charge is 0.253 e. The number of carbonyl (C=O) groups is 2. The van der Waals surface area contributed by atoms with Crippen LogP contribution in [0.5, 0.6) is 0 Å². The highest BCUT2D eigenvalue weighted by molar-refractivity contribution is 6.03. The van der Waals surface area contributed by atoms with E-state index in [0.717, 1.165) is 56.4 Å². The molecule has 158 valence electrons. The van der Waals surface area contributed by atoms with Crippen molar-refractivity contribution >= 4 is 23.2 Å². The molecule has 2 aliphatic rings. The highest BCUT2D eigenvalue weighted by atomic mass is 16.2. The van der Waals surface area contributed by atoms with E-state index in [2.05, 4.69) is 15.5 Å². The number of nitrogens with one attached hydrogen (secondary N) is 2. The summed E-state index contributed by atoms with van der Waals surface area (Å²) in [5.41, 5.74) is 3.32. The second-order valence-electron chi connectivity index (χ2n) is 8.39. The Bertz CT molecular complexity index is 887. The van der Waals surface area contributed by atoms with Crippen LogP contribution in [-0.4, -0.2) is 30.9 Å². The van der Waals surface area contributed by atoms with E-state index >= 15 is 0 Å². The maximum Gasteiger partial charge on any atom is 0.253 e. The zero-order valence-corrected chi connectivity index (χ0v) is 17.7. The number of carbonyl (C=O) groups excluding carboxylic acids is 2. The highest BCUT2D eigenvalue weighted by Gasteiger charge is 2.27. The van der Waals surface area contributed by atoms with Crippen molar-refractivity contribution in [2.45, 2.75) is 57.4 Å².